The summed E-state index contributed by atoms with van der Waals surface area (Å²) in [7, 11) is 2.94. The fourth-order valence-electron chi connectivity index (χ4n) is 1.50. The molecule has 2 aromatic carbocycles. The van der Waals surface area contributed by atoms with Crippen molar-refractivity contribution >= 4 is 30.3 Å². The van der Waals surface area contributed by atoms with E-state index in [2.05, 4.69) is 0 Å². The van der Waals surface area contributed by atoms with Crippen molar-refractivity contribution in [1.29, 1.82) is 0 Å². The zero-order valence-corrected chi connectivity index (χ0v) is 14.1. The molecule has 0 spiro atoms. The molecule has 0 saturated carbocycles. The molecule has 0 aliphatic rings. The zero-order valence-electron chi connectivity index (χ0n) is 11.6. The summed E-state index contributed by atoms with van der Waals surface area (Å²) in [5, 5.41) is 9.26. The minimum Gasteiger partial charge on any atom is -0.508 e. The Morgan fingerprint density at radius 2 is 1.38 bits per heavy atom. The molecule has 0 radical (unpaired) electrons. The van der Waals surface area contributed by atoms with Crippen LogP contribution in [0, 0.1) is 0 Å². The van der Waals surface area contributed by atoms with Gasteiger partial charge in [-0.3, -0.25) is 0 Å². The van der Waals surface area contributed by atoms with Gasteiger partial charge in [-0.1, -0.05) is 11.8 Å². The van der Waals surface area contributed by atoms with Gasteiger partial charge in [-0.25, -0.2) is 0 Å². The molecule has 0 fully saturated rings. The second kappa shape index (κ2) is 7.29. The number of phenols is 1. The minimum atomic E-state index is -2.69. The summed E-state index contributed by atoms with van der Waals surface area (Å²) in [6.07, 6.45) is 0. The first-order chi connectivity index (χ1) is 10.0. The molecule has 0 bridgehead atoms. The van der Waals surface area contributed by atoms with E-state index in [4.69, 9.17) is 25.4 Å². The Hall–Kier alpha value is -1.04. The Bertz CT molecular complexity index is 620. The van der Waals surface area contributed by atoms with Gasteiger partial charge >= 0.3 is 6.72 Å². The summed E-state index contributed by atoms with van der Waals surface area (Å²) in [6, 6.07) is 14.5. The van der Waals surface area contributed by atoms with Crippen LogP contribution >= 0.6 is 18.5 Å². The van der Waals surface area contributed by atoms with E-state index in [1.807, 2.05) is 36.4 Å². The lowest BCUT2D eigenvalue weighted by atomic mass is 10.3. The summed E-state index contributed by atoms with van der Waals surface area (Å²) < 4.78 is 15.7. The predicted molar refractivity (Wildman–Crippen MR) is 87.6 cm³/mol. The number of hydrogen-bond acceptors (Lipinski definition) is 6. The number of hydrogen-bond donors (Lipinski definition) is 1. The van der Waals surface area contributed by atoms with E-state index in [-0.39, 0.29) is 5.75 Å². The highest BCUT2D eigenvalue weighted by molar-refractivity contribution is 8.07. The van der Waals surface area contributed by atoms with E-state index in [9.17, 15) is 5.11 Å². The van der Waals surface area contributed by atoms with Crippen molar-refractivity contribution in [1.82, 2.24) is 0 Å². The van der Waals surface area contributed by atoms with Crippen LogP contribution < -0.4 is 4.52 Å². The largest absolute Gasteiger partial charge is 0.508 e. The summed E-state index contributed by atoms with van der Waals surface area (Å²) in [5.41, 5.74) is 0. The van der Waals surface area contributed by atoms with Crippen molar-refractivity contribution in [2.45, 2.75) is 9.79 Å². The summed E-state index contributed by atoms with van der Waals surface area (Å²) in [5.74, 6) is 0.866. The molecule has 0 heterocycles. The van der Waals surface area contributed by atoms with Crippen LogP contribution in [-0.4, -0.2) is 19.3 Å². The van der Waals surface area contributed by atoms with E-state index in [0.29, 0.717) is 5.75 Å². The number of benzene rings is 2. The van der Waals surface area contributed by atoms with E-state index in [0.717, 1.165) is 9.79 Å². The second-order valence-corrected chi connectivity index (χ2v) is 8.27. The molecule has 0 amide bonds. The van der Waals surface area contributed by atoms with Crippen LogP contribution in [0.3, 0.4) is 0 Å². The second-order valence-electron chi connectivity index (χ2n) is 3.97. The van der Waals surface area contributed by atoms with Crippen LogP contribution in [0.4, 0.5) is 0 Å². The van der Waals surface area contributed by atoms with Crippen molar-refractivity contribution in [2.75, 3.05) is 14.2 Å². The van der Waals surface area contributed by atoms with Gasteiger partial charge < -0.3 is 18.7 Å². The average Bonchev–Trinajstić information content (AvgIpc) is 2.51. The van der Waals surface area contributed by atoms with Crippen molar-refractivity contribution in [2.24, 2.45) is 0 Å². The molecule has 21 heavy (non-hydrogen) atoms. The summed E-state index contributed by atoms with van der Waals surface area (Å²) >= 11 is 6.74. The van der Waals surface area contributed by atoms with Crippen molar-refractivity contribution in [3.8, 4) is 11.5 Å². The van der Waals surface area contributed by atoms with Crippen LogP contribution in [0.15, 0.2) is 58.3 Å². The van der Waals surface area contributed by atoms with Crippen LogP contribution in [0.1, 0.15) is 0 Å². The van der Waals surface area contributed by atoms with E-state index < -0.39 is 6.72 Å². The topological polar surface area (TPSA) is 47.9 Å². The Morgan fingerprint density at radius 1 is 0.905 bits per heavy atom. The molecular weight excluding hydrogens is 327 g/mol. The maximum Gasteiger partial charge on any atom is 0.380 e. The van der Waals surface area contributed by atoms with Gasteiger partial charge in [-0.05, 0) is 48.5 Å². The molecule has 1 N–H and O–H groups in total. The van der Waals surface area contributed by atoms with Crippen molar-refractivity contribution in [3.63, 3.8) is 0 Å². The van der Waals surface area contributed by atoms with Gasteiger partial charge in [-0.15, -0.1) is 0 Å². The predicted octanol–water partition coefficient (Wildman–Crippen LogP) is 4.44. The zero-order chi connectivity index (χ0) is 15.3. The van der Waals surface area contributed by atoms with Crippen molar-refractivity contribution in [3.05, 3.63) is 48.5 Å². The molecular formula is C14H15O4PS2. The minimum absolute atomic E-state index is 0.257. The molecule has 112 valence electrons. The van der Waals surface area contributed by atoms with Gasteiger partial charge in [0, 0.05) is 35.8 Å². The fourth-order valence-corrected chi connectivity index (χ4v) is 3.25. The SMILES string of the molecule is COP(=S)(OC)Oc1ccc(Sc2ccc(O)cc2)cc1. The van der Waals surface area contributed by atoms with Gasteiger partial charge in [-0.2, -0.15) is 0 Å². The Morgan fingerprint density at radius 3 is 1.86 bits per heavy atom. The number of aromatic hydroxyl groups is 1. The molecule has 0 atom stereocenters. The third-order valence-electron chi connectivity index (χ3n) is 2.56. The van der Waals surface area contributed by atoms with E-state index in [1.165, 1.54) is 14.2 Å². The third kappa shape index (κ3) is 4.73. The molecule has 0 aromatic heterocycles. The molecule has 2 aromatic rings. The standard InChI is InChI=1S/C14H15O4PS2/c1-16-19(20,17-2)18-12-5-9-14(10-6-12)21-13-7-3-11(15)4-8-13/h3-10,15H,1-2H3. The lowest BCUT2D eigenvalue weighted by molar-refractivity contribution is 0.273. The maximum absolute atomic E-state index is 9.26. The Kier molecular flexibility index (Phi) is 5.67. The average molecular weight is 342 g/mol. The lowest BCUT2D eigenvalue weighted by Gasteiger charge is -2.18. The van der Waals surface area contributed by atoms with Crippen LogP contribution in [0.2, 0.25) is 0 Å². The van der Waals surface area contributed by atoms with Crippen LogP contribution in [0.5, 0.6) is 11.5 Å². The smallest absolute Gasteiger partial charge is 0.380 e. The van der Waals surface area contributed by atoms with Crippen LogP contribution in [0.25, 0.3) is 0 Å². The van der Waals surface area contributed by atoms with E-state index in [1.54, 1.807) is 23.9 Å². The number of rotatable bonds is 6. The fraction of sp³-hybridized carbons (Fsp3) is 0.143. The van der Waals surface area contributed by atoms with Gasteiger partial charge in [0.2, 0.25) is 0 Å². The Labute approximate surface area is 133 Å². The maximum atomic E-state index is 9.26. The first kappa shape index (κ1) is 16.3. The third-order valence-corrected chi connectivity index (χ3v) is 6.02. The molecule has 7 heteroatoms. The molecule has 2 rings (SSSR count). The highest BCUT2D eigenvalue weighted by atomic mass is 32.5. The number of phenolic OH excluding ortho intramolecular Hbond substituents is 1. The highest BCUT2D eigenvalue weighted by Gasteiger charge is 2.18. The molecule has 0 aliphatic carbocycles. The van der Waals surface area contributed by atoms with Gasteiger partial charge in [0.1, 0.15) is 11.5 Å². The molecule has 0 unspecified atom stereocenters. The van der Waals surface area contributed by atoms with E-state index >= 15 is 0 Å². The van der Waals surface area contributed by atoms with Gasteiger partial charge in [0.05, 0.1) is 0 Å². The van der Waals surface area contributed by atoms with Crippen LogP contribution in [-0.2, 0) is 20.9 Å². The van der Waals surface area contributed by atoms with Gasteiger partial charge in [0.15, 0.2) is 0 Å². The first-order valence-electron chi connectivity index (χ1n) is 6.03. The molecule has 0 saturated heterocycles. The van der Waals surface area contributed by atoms with Gasteiger partial charge in [0.25, 0.3) is 0 Å². The lowest BCUT2D eigenvalue weighted by Crippen LogP contribution is -1.96. The highest BCUT2D eigenvalue weighted by Crippen LogP contribution is 2.48. The normalized spacial score (nSPS) is 11.3. The molecule has 4 nitrogen and oxygen atoms in total. The summed E-state index contributed by atoms with van der Waals surface area (Å²) in [4.78, 5) is 2.09. The monoisotopic (exact) mass is 342 g/mol. The van der Waals surface area contributed by atoms with Crippen molar-refractivity contribution < 1.29 is 18.7 Å². The first-order valence-corrected chi connectivity index (χ1v) is 9.40. The molecule has 0 aliphatic heterocycles. The quantitative estimate of drug-likeness (QED) is 0.783. The summed E-state index contributed by atoms with van der Waals surface area (Å²) in [6.45, 7) is -2.69. The Balaban J connectivity index is 2.05.